The number of hydrogen-bond donors (Lipinski definition) is 1. The van der Waals surface area contributed by atoms with Crippen molar-refractivity contribution in [3.8, 4) is 6.07 Å². The summed E-state index contributed by atoms with van der Waals surface area (Å²) in [6.07, 6.45) is 0. The average molecular weight is 277 g/mol. The van der Waals surface area contributed by atoms with Crippen LogP contribution >= 0.6 is 22.9 Å². The van der Waals surface area contributed by atoms with E-state index in [0.717, 1.165) is 5.56 Å². The summed E-state index contributed by atoms with van der Waals surface area (Å²) in [6.45, 7) is 2.82. The van der Waals surface area contributed by atoms with E-state index in [1.165, 1.54) is 5.56 Å². The van der Waals surface area contributed by atoms with Gasteiger partial charge in [-0.3, -0.25) is 0 Å². The van der Waals surface area contributed by atoms with Gasteiger partial charge in [-0.2, -0.15) is 16.6 Å². The Balaban J connectivity index is 2.00. The number of thiophene rings is 1. The summed E-state index contributed by atoms with van der Waals surface area (Å²) in [5.41, 5.74) is 2.89. The summed E-state index contributed by atoms with van der Waals surface area (Å²) in [6, 6.07) is 9.88. The second-order valence-corrected chi connectivity index (χ2v) is 5.26. The first-order chi connectivity index (χ1) is 8.70. The third-order valence-corrected chi connectivity index (χ3v) is 3.88. The lowest BCUT2D eigenvalue weighted by molar-refractivity contribution is 0.576. The molecule has 0 aliphatic rings. The van der Waals surface area contributed by atoms with E-state index in [2.05, 4.69) is 35.1 Å². The molecular formula is C14H13ClN2S. The van der Waals surface area contributed by atoms with Gasteiger partial charge in [0.05, 0.1) is 11.6 Å². The molecule has 1 atom stereocenters. The van der Waals surface area contributed by atoms with Crippen LogP contribution in [0.3, 0.4) is 0 Å². The van der Waals surface area contributed by atoms with Crippen LogP contribution < -0.4 is 5.32 Å². The van der Waals surface area contributed by atoms with Gasteiger partial charge in [0.25, 0.3) is 0 Å². The fourth-order valence-corrected chi connectivity index (χ4v) is 2.66. The number of hydrogen-bond acceptors (Lipinski definition) is 3. The van der Waals surface area contributed by atoms with E-state index in [9.17, 15) is 0 Å². The Bertz CT molecular complexity index is 558. The van der Waals surface area contributed by atoms with Crippen molar-refractivity contribution in [1.29, 1.82) is 5.26 Å². The zero-order chi connectivity index (χ0) is 13.0. The van der Waals surface area contributed by atoms with Gasteiger partial charge in [-0.25, -0.2) is 0 Å². The van der Waals surface area contributed by atoms with Crippen molar-refractivity contribution in [3.63, 3.8) is 0 Å². The molecule has 0 aliphatic heterocycles. The number of benzene rings is 1. The van der Waals surface area contributed by atoms with Gasteiger partial charge in [-0.05, 0) is 47.0 Å². The van der Waals surface area contributed by atoms with Crippen LogP contribution in [0, 0.1) is 11.3 Å². The maximum absolute atomic E-state index is 8.77. The Kier molecular flexibility index (Phi) is 4.38. The lowest BCUT2D eigenvalue weighted by atomic mass is 10.1. The van der Waals surface area contributed by atoms with Crippen molar-refractivity contribution in [2.75, 3.05) is 0 Å². The van der Waals surface area contributed by atoms with Crippen LogP contribution in [0.5, 0.6) is 0 Å². The van der Waals surface area contributed by atoms with E-state index in [1.54, 1.807) is 23.5 Å². The number of nitriles is 1. The van der Waals surface area contributed by atoms with Crippen LogP contribution in [0.1, 0.15) is 29.7 Å². The molecule has 4 heteroatoms. The van der Waals surface area contributed by atoms with Gasteiger partial charge in [0, 0.05) is 17.6 Å². The second kappa shape index (κ2) is 6.01. The molecule has 0 saturated heterocycles. The molecule has 0 bridgehead atoms. The van der Waals surface area contributed by atoms with Crippen molar-refractivity contribution in [2.45, 2.75) is 19.5 Å². The molecule has 2 nitrogen and oxygen atoms in total. The molecule has 0 spiro atoms. The molecule has 1 heterocycles. The highest BCUT2D eigenvalue weighted by atomic mass is 35.5. The fraction of sp³-hybridized carbons (Fsp3) is 0.214. The topological polar surface area (TPSA) is 35.8 Å². The zero-order valence-electron chi connectivity index (χ0n) is 9.98. The molecule has 0 fully saturated rings. The molecule has 2 aromatic rings. The van der Waals surface area contributed by atoms with Crippen LogP contribution in [0.2, 0.25) is 5.02 Å². The Morgan fingerprint density at radius 3 is 2.89 bits per heavy atom. The van der Waals surface area contributed by atoms with Gasteiger partial charge in [-0.15, -0.1) is 0 Å². The highest BCUT2D eigenvalue weighted by Crippen LogP contribution is 2.20. The van der Waals surface area contributed by atoms with E-state index in [1.807, 2.05) is 6.07 Å². The third kappa shape index (κ3) is 3.11. The molecular weight excluding hydrogens is 264 g/mol. The minimum absolute atomic E-state index is 0.294. The fourth-order valence-electron chi connectivity index (χ4n) is 1.66. The first-order valence-corrected chi connectivity index (χ1v) is 6.97. The van der Waals surface area contributed by atoms with E-state index in [4.69, 9.17) is 16.9 Å². The van der Waals surface area contributed by atoms with Crippen molar-refractivity contribution in [1.82, 2.24) is 5.32 Å². The van der Waals surface area contributed by atoms with E-state index in [-0.39, 0.29) is 0 Å². The number of rotatable bonds is 4. The lowest BCUT2D eigenvalue weighted by Gasteiger charge is -2.13. The van der Waals surface area contributed by atoms with Crippen molar-refractivity contribution in [2.24, 2.45) is 0 Å². The molecule has 1 aromatic heterocycles. The van der Waals surface area contributed by atoms with Gasteiger partial charge >= 0.3 is 0 Å². The summed E-state index contributed by atoms with van der Waals surface area (Å²) in [7, 11) is 0. The molecule has 0 saturated carbocycles. The standard InChI is InChI=1S/C14H13ClN2S/c1-10(13-4-5-18-9-13)17-8-12-3-2-11(7-16)6-14(12)15/h2-6,9-10,17H,8H2,1H3. The Labute approximate surface area is 116 Å². The van der Waals surface area contributed by atoms with E-state index in [0.29, 0.717) is 23.2 Å². The minimum Gasteiger partial charge on any atom is -0.306 e. The normalized spacial score (nSPS) is 12.1. The summed E-state index contributed by atoms with van der Waals surface area (Å²) in [5, 5.41) is 17.0. The zero-order valence-corrected chi connectivity index (χ0v) is 11.6. The van der Waals surface area contributed by atoms with E-state index < -0.39 is 0 Å². The van der Waals surface area contributed by atoms with Crippen LogP contribution in [0.4, 0.5) is 0 Å². The Morgan fingerprint density at radius 1 is 1.44 bits per heavy atom. The first kappa shape index (κ1) is 13.1. The molecule has 18 heavy (non-hydrogen) atoms. The van der Waals surface area contributed by atoms with Crippen molar-refractivity contribution < 1.29 is 0 Å². The maximum Gasteiger partial charge on any atom is 0.0992 e. The van der Waals surface area contributed by atoms with Crippen LogP contribution in [0.15, 0.2) is 35.0 Å². The van der Waals surface area contributed by atoms with Gasteiger partial charge in [-0.1, -0.05) is 17.7 Å². The minimum atomic E-state index is 0.294. The Hall–Kier alpha value is -1.34. The number of nitrogens with one attached hydrogen (secondary N) is 1. The number of nitrogens with zero attached hydrogens (tertiary/aromatic N) is 1. The van der Waals surface area contributed by atoms with Crippen molar-refractivity contribution >= 4 is 22.9 Å². The molecule has 1 unspecified atom stereocenters. The van der Waals surface area contributed by atoms with Gasteiger partial charge in [0.1, 0.15) is 0 Å². The Morgan fingerprint density at radius 2 is 2.28 bits per heavy atom. The first-order valence-electron chi connectivity index (χ1n) is 5.64. The summed E-state index contributed by atoms with van der Waals surface area (Å²) < 4.78 is 0. The monoisotopic (exact) mass is 276 g/mol. The molecule has 92 valence electrons. The number of halogens is 1. The lowest BCUT2D eigenvalue weighted by Crippen LogP contribution is -2.17. The summed E-state index contributed by atoms with van der Waals surface area (Å²) in [4.78, 5) is 0. The molecule has 0 amide bonds. The predicted molar refractivity (Wildman–Crippen MR) is 75.7 cm³/mol. The summed E-state index contributed by atoms with van der Waals surface area (Å²) >= 11 is 7.82. The molecule has 0 aliphatic carbocycles. The SMILES string of the molecule is CC(NCc1ccc(C#N)cc1Cl)c1ccsc1. The van der Waals surface area contributed by atoms with Crippen LogP contribution in [-0.4, -0.2) is 0 Å². The predicted octanol–water partition coefficient (Wildman–Crippen LogP) is 4.12. The second-order valence-electron chi connectivity index (χ2n) is 4.08. The summed E-state index contributed by atoms with van der Waals surface area (Å²) in [5.74, 6) is 0. The third-order valence-electron chi connectivity index (χ3n) is 2.82. The van der Waals surface area contributed by atoms with Gasteiger partial charge in [0.2, 0.25) is 0 Å². The van der Waals surface area contributed by atoms with Gasteiger partial charge in [0.15, 0.2) is 0 Å². The molecule has 2 rings (SSSR count). The van der Waals surface area contributed by atoms with Crippen LogP contribution in [0.25, 0.3) is 0 Å². The molecule has 0 radical (unpaired) electrons. The molecule has 1 aromatic carbocycles. The van der Waals surface area contributed by atoms with Crippen LogP contribution in [-0.2, 0) is 6.54 Å². The maximum atomic E-state index is 8.77. The molecule has 1 N–H and O–H groups in total. The average Bonchev–Trinajstić information content (AvgIpc) is 2.90. The van der Waals surface area contributed by atoms with Crippen molar-refractivity contribution in [3.05, 3.63) is 56.7 Å². The largest absolute Gasteiger partial charge is 0.306 e. The smallest absolute Gasteiger partial charge is 0.0992 e. The highest BCUT2D eigenvalue weighted by Gasteiger charge is 2.07. The quantitative estimate of drug-likeness (QED) is 0.912. The highest BCUT2D eigenvalue weighted by molar-refractivity contribution is 7.07. The van der Waals surface area contributed by atoms with Gasteiger partial charge < -0.3 is 5.32 Å². The van der Waals surface area contributed by atoms with E-state index >= 15 is 0 Å².